The van der Waals surface area contributed by atoms with E-state index in [1.807, 2.05) is 6.07 Å². The van der Waals surface area contributed by atoms with Gasteiger partial charge in [-0.15, -0.1) is 0 Å². The minimum atomic E-state index is -0.292. The van der Waals surface area contributed by atoms with Gasteiger partial charge in [0.05, 0.1) is 18.7 Å². The average Bonchev–Trinajstić information content (AvgIpc) is 2.61. The first kappa shape index (κ1) is 15.8. The largest absolute Gasteiger partial charge is 0.495 e. The van der Waals surface area contributed by atoms with E-state index in [0.29, 0.717) is 39.6 Å². The maximum Gasteiger partial charge on any atom is 0.272 e. The molecule has 0 amide bonds. The highest BCUT2D eigenvalue weighted by Crippen LogP contribution is 2.26. The number of benzene rings is 2. The molecule has 1 heterocycles. The number of methoxy groups -OCH3 is 1. The van der Waals surface area contributed by atoms with Crippen LogP contribution in [0, 0.1) is 6.57 Å². The molecule has 0 bridgehead atoms. The van der Waals surface area contributed by atoms with Crippen LogP contribution in [0.5, 0.6) is 5.75 Å². The number of H-pyrrole nitrogens is 1. The van der Waals surface area contributed by atoms with Crippen molar-refractivity contribution < 1.29 is 4.74 Å². The first-order valence-electron chi connectivity index (χ1n) is 7.08. The molecular weight excluding hydrogens is 328 g/mol. The number of hydrogen-bond acceptors (Lipinski definition) is 4. The summed E-state index contributed by atoms with van der Waals surface area (Å²) < 4.78 is 5.13. The Morgan fingerprint density at radius 1 is 1.29 bits per heavy atom. The van der Waals surface area contributed by atoms with Gasteiger partial charge >= 0.3 is 0 Å². The third kappa shape index (κ3) is 3.03. The predicted octanol–water partition coefficient (Wildman–Crippen LogP) is 3.75. The molecular formula is C17H13ClN4O2. The molecule has 2 N–H and O–H groups in total. The quantitative estimate of drug-likeness (QED) is 0.710. The van der Waals surface area contributed by atoms with E-state index in [-0.39, 0.29) is 5.56 Å². The van der Waals surface area contributed by atoms with Crippen molar-refractivity contribution in [1.29, 1.82) is 0 Å². The second-order valence-corrected chi connectivity index (χ2v) is 5.47. The molecule has 120 valence electrons. The van der Waals surface area contributed by atoms with Gasteiger partial charge in [-0.2, -0.15) is 5.10 Å². The molecule has 0 unspecified atom stereocenters. The smallest absolute Gasteiger partial charge is 0.272 e. The van der Waals surface area contributed by atoms with Crippen molar-refractivity contribution in [2.75, 3.05) is 12.4 Å². The lowest BCUT2D eigenvalue weighted by Gasteiger charge is -2.10. The zero-order valence-electron chi connectivity index (χ0n) is 12.8. The Morgan fingerprint density at radius 2 is 2.12 bits per heavy atom. The van der Waals surface area contributed by atoms with Gasteiger partial charge in [-0.05, 0) is 23.8 Å². The molecule has 3 aromatic rings. The molecule has 3 rings (SSSR count). The summed E-state index contributed by atoms with van der Waals surface area (Å²) in [4.78, 5) is 15.3. The molecule has 0 radical (unpaired) electrons. The second kappa shape index (κ2) is 6.60. The van der Waals surface area contributed by atoms with Gasteiger partial charge in [0, 0.05) is 17.3 Å². The van der Waals surface area contributed by atoms with Crippen LogP contribution < -0.4 is 15.6 Å². The van der Waals surface area contributed by atoms with Crippen LogP contribution in [-0.4, -0.2) is 17.3 Å². The highest BCUT2D eigenvalue weighted by atomic mass is 35.5. The lowest BCUT2D eigenvalue weighted by molar-refractivity contribution is 0.415. The first-order valence-corrected chi connectivity index (χ1v) is 7.46. The zero-order chi connectivity index (χ0) is 17.1. The Morgan fingerprint density at radius 3 is 2.83 bits per heavy atom. The van der Waals surface area contributed by atoms with Crippen molar-refractivity contribution in [2.45, 2.75) is 6.54 Å². The molecule has 0 aliphatic carbocycles. The van der Waals surface area contributed by atoms with Crippen molar-refractivity contribution in [3.63, 3.8) is 0 Å². The van der Waals surface area contributed by atoms with Gasteiger partial charge in [-0.1, -0.05) is 29.8 Å². The Kier molecular flexibility index (Phi) is 4.36. The van der Waals surface area contributed by atoms with E-state index in [1.54, 1.807) is 37.4 Å². The molecule has 0 aliphatic heterocycles. The Hall–Kier alpha value is -3.04. The van der Waals surface area contributed by atoms with E-state index in [2.05, 4.69) is 20.4 Å². The summed E-state index contributed by atoms with van der Waals surface area (Å²) in [6, 6.07) is 10.3. The lowest BCUT2D eigenvalue weighted by atomic mass is 10.1. The minimum absolute atomic E-state index is 0.292. The lowest BCUT2D eigenvalue weighted by Crippen LogP contribution is -2.12. The maximum atomic E-state index is 11.9. The van der Waals surface area contributed by atoms with Gasteiger partial charge in [0.1, 0.15) is 5.75 Å². The Labute approximate surface area is 142 Å². The van der Waals surface area contributed by atoms with E-state index < -0.39 is 0 Å². The summed E-state index contributed by atoms with van der Waals surface area (Å²) in [5.41, 5.74) is 1.09. The van der Waals surface area contributed by atoms with Crippen LogP contribution in [-0.2, 0) is 6.54 Å². The number of rotatable bonds is 4. The van der Waals surface area contributed by atoms with Crippen LogP contribution in [0.2, 0.25) is 5.02 Å². The second-order valence-electron chi connectivity index (χ2n) is 5.07. The number of ether oxygens (including phenoxy) is 1. The van der Waals surface area contributed by atoms with Crippen LogP contribution in [0.25, 0.3) is 15.6 Å². The van der Waals surface area contributed by atoms with Crippen LogP contribution in [0.15, 0.2) is 41.2 Å². The van der Waals surface area contributed by atoms with Gasteiger partial charge in [0.2, 0.25) is 0 Å². The fourth-order valence-electron chi connectivity index (χ4n) is 2.36. The van der Waals surface area contributed by atoms with Gasteiger partial charge < -0.3 is 10.1 Å². The van der Waals surface area contributed by atoms with Crippen molar-refractivity contribution in [2.24, 2.45) is 0 Å². The van der Waals surface area contributed by atoms with Crippen LogP contribution >= 0.6 is 11.6 Å². The third-order valence-electron chi connectivity index (χ3n) is 3.58. The maximum absolute atomic E-state index is 11.9. The van der Waals surface area contributed by atoms with Crippen molar-refractivity contribution in [1.82, 2.24) is 10.2 Å². The van der Waals surface area contributed by atoms with Crippen LogP contribution in [0.4, 0.5) is 11.5 Å². The summed E-state index contributed by atoms with van der Waals surface area (Å²) in [6.07, 6.45) is 0. The molecule has 0 saturated carbocycles. The van der Waals surface area contributed by atoms with Crippen molar-refractivity contribution >= 4 is 33.9 Å². The molecule has 0 aliphatic rings. The average molecular weight is 341 g/mol. The predicted molar refractivity (Wildman–Crippen MR) is 94.0 cm³/mol. The fraction of sp³-hybridized carbons (Fsp3) is 0.118. The number of hydrogen-bond donors (Lipinski definition) is 2. The summed E-state index contributed by atoms with van der Waals surface area (Å²) in [7, 11) is 1.56. The Bertz CT molecular complexity index is 1010. The number of anilines is 1. The standard InChI is InChI=1S/C17H13ClN4O2/c1-19-11-4-5-12-13(8-11)16(21-22-17(12)23)20-9-10-3-6-15(24-2)14(18)7-10/h3-8H,9H2,2H3,(H,20,21)(H,22,23). The van der Waals surface area contributed by atoms with Gasteiger partial charge in [0.15, 0.2) is 11.5 Å². The fourth-order valence-corrected chi connectivity index (χ4v) is 2.64. The van der Waals surface area contributed by atoms with E-state index in [1.165, 1.54) is 0 Å². The number of nitrogens with one attached hydrogen (secondary N) is 2. The van der Waals surface area contributed by atoms with Gasteiger partial charge in [0.25, 0.3) is 5.56 Å². The van der Waals surface area contributed by atoms with Gasteiger partial charge in [-0.25, -0.2) is 9.94 Å². The number of fused-ring (bicyclic) bond motifs is 1. The van der Waals surface area contributed by atoms with Crippen molar-refractivity contribution in [3.8, 4) is 5.75 Å². The van der Waals surface area contributed by atoms with E-state index >= 15 is 0 Å². The monoisotopic (exact) mass is 340 g/mol. The summed E-state index contributed by atoms with van der Waals surface area (Å²) in [5, 5.41) is 11.3. The number of aromatic nitrogens is 2. The first-order chi connectivity index (χ1) is 11.6. The van der Waals surface area contributed by atoms with Gasteiger partial charge in [-0.3, -0.25) is 4.79 Å². The molecule has 6 nitrogen and oxygen atoms in total. The van der Waals surface area contributed by atoms with E-state index in [0.717, 1.165) is 5.56 Å². The molecule has 1 aromatic heterocycles. The minimum Gasteiger partial charge on any atom is -0.495 e. The number of halogens is 1. The SMILES string of the molecule is [C-]#[N+]c1ccc2c(=O)[nH]nc(NCc3ccc(OC)c(Cl)c3)c2c1. The zero-order valence-corrected chi connectivity index (χ0v) is 13.5. The summed E-state index contributed by atoms with van der Waals surface area (Å²) >= 11 is 6.12. The highest BCUT2D eigenvalue weighted by Gasteiger charge is 2.08. The number of nitrogens with zero attached hydrogens (tertiary/aromatic N) is 2. The van der Waals surface area contributed by atoms with E-state index in [4.69, 9.17) is 22.9 Å². The Balaban J connectivity index is 1.93. The van der Waals surface area contributed by atoms with Crippen molar-refractivity contribution in [3.05, 3.63) is 68.8 Å². The van der Waals surface area contributed by atoms with Crippen LogP contribution in [0.3, 0.4) is 0 Å². The summed E-state index contributed by atoms with van der Waals surface area (Å²) in [6.45, 7) is 7.57. The normalized spacial score (nSPS) is 10.4. The number of aromatic amines is 1. The molecule has 7 heteroatoms. The molecule has 2 aromatic carbocycles. The third-order valence-corrected chi connectivity index (χ3v) is 3.87. The highest BCUT2D eigenvalue weighted by molar-refractivity contribution is 6.32. The molecule has 0 spiro atoms. The van der Waals surface area contributed by atoms with Crippen LogP contribution in [0.1, 0.15) is 5.56 Å². The molecule has 24 heavy (non-hydrogen) atoms. The topological polar surface area (TPSA) is 71.4 Å². The molecule has 0 atom stereocenters. The molecule has 0 saturated heterocycles. The van der Waals surface area contributed by atoms with E-state index in [9.17, 15) is 4.79 Å². The molecule has 0 fully saturated rings. The summed E-state index contributed by atoms with van der Waals surface area (Å²) in [5.74, 6) is 1.11.